The molecule has 0 saturated heterocycles. The molecule has 0 unspecified atom stereocenters. The van der Waals surface area contributed by atoms with Gasteiger partial charge >= 0.3 is 5.97 Å². The molecular formula is C15H12BrNO3. The van der Waals surface area contributed by atoms with Crippen molar-refractivity contribution in [1.82, 2.24) is 0 Å². The molecule has 20 heavy (non-hydrogen) atoms. The van der Waals surface area contributed by atoms with E-state index in [4.69, 9.17) is 5.11 Å². The zero-order chi connectivity index (χ0) is 14.5. The number of carbonyl (C=O) groups is 2. The van der Waals surface area contributed by atoms with Gasteiger partial charge in [-0.1, -0.05) is 40.2 Å². The number of nitrogens with one attached hydrogen (secondary N) is 1. The van der Waals surface area contributed by atoms with Crippen LogP contribution >= 0.6 is 15.9 Å². The van der Waals surface area contributed by atoms with Gasteiger partial charge in [0, 0.05) is 4.47 Å². The molecule has 2 aromatic carbocycles. The number of carboxylic acids is 1. The van der Waals surface area contributed by atoms with Crippen LogP contribution in [0.2, 0.25) is 0 Å². The predicted molar refractivity (Wildman–Crippen MR) is 79.9 cm³/mol. The lowest BCUT2D eigenvalue weighted by Gasteiger charge is -2.08. The van der Waals surface area contributed by atoms with E-state index in [0.29, 0.717) is 5.69 Å². The maximum Gasteiger partial charge on any atom is 0.337 e. The number of amides is 1. The van der Waals surface area contributed by atoms with Crippen molar-refractivity contribution in [2.24, 2.45) is 0 Å². The average molecular weight is 334 g/mol. The van der Waals surface area contributed by atoms with Crippen LogP contribution in [0, 0.1) is 0 Å². The quantitative estimate of drug-likeness (QED) is 0.901. The minimum absolute atomic E-state index is 0.0802. The summed E-state index contributed by atoms with van der Waals surface area (Å²) in [4.78, 5) is 23.0. The molecule has 2 N–H and O–H groups in total. The minimum Gasteiger partial charge on any atom is -0.478 e. The third kappa shape index (κ3) is 3.68. The SMILES string of the molecule is O=C(Cc1ccc(Br)cc1)Nc1ccccc1C(=O)O. The number of carbonyl (C=O) groups excluding carboxylic acids is 1. The van der Waals surface area contributed by atoms with Crippen LogP contribution in [-0.2, 0) is 11.2 Å². The highest BCUT2D eigenvalue weighted by Gasteiger charge is 2.11. The summed E-state index contributed by atoms with van der Waals surface area (Å²) >= 11 is 3.33. The third-order valence-corrected chi connectivity index (χ3v) is 3.24. The first-order chi connectivity index (χ1) is 9.56. The molecule has 0 fully saturated rings. The lowest BCUT2D eigenvalue weighted by atomic mass is 10.1. The number of benzene rings is 2. The molecule has 0 aliphatic rings. The zero-order valence-corrected chi connectivity index (χ0v) is 12.1. The Labute approximate surface area is 124 Å². The number of halogens is 1. The van der Waals surface area contributed by atoms with E-state index in [1.807, 2.05) is 24.3 Å². The van der Waals surface area contributed by atoms with Gasteiger partial charge in [0.1, 0.15) is 0 Å². The molecule has 0 heterocycles. The van der Waals surface area contributed by atoms with E-state index in [0.717, 1.165) is 10.0 Å². The highest BCUT2D eigenvalue weighted by atomic mass is 79.9. The lowest BCUT2D eigenvalue weighted by molar-refractivity contribution is -0.115. The lowest BCUT2D eigenvalue weighted by Crippen LogP contribution is -2.16. The van der Waals surface area contributed by atoms with Gasteiger partial charge < -0.3 is 10.4 Å². The molecule has 0 aliphatic carbocycles. The Hall–Kier alpha value is -2.14. The summed E-state index contributed by atoms with van der Waals surface area (Å²) in [7, 11) is 0. The smallest absolute Gasteiger partial charge is 0.337 e. The number of para-hydroxylation sites is 1. The van der Waals surface area contributed by atoms with E-state index in [9.17, 15) is 9.59 Å². The topological polar surface area (TPSA) is 66.4 Å². The average Bonchev–Trinajstić information content (AvgIpc) is 2.41. The van der Waals surface area contributed by atoms with Crippen LogP contribution in [0.25, 0.3) is 0 Å². The molecule has 0 saturated carbocycles. The first kappa shape index (κ1) is 14.3. The van der Waals surface area contributed by atoms with Crippen LogP contribution in [-0.4, -0.2) is 17.0 Å². The van der Waals surface area contributed by atoms with E-state index in [2.05, 4.69) is 21.2 Å². The van der Waals surface area contributed by atoms with Crippen LogP contribution < -0.4 is 5.32 Å². The summed E-state index contributed by atoms with van der Waals surface area (Å²) in [6.45, 7) is 0. The second kappa shape index (κ2) is 6.34. The van der Waals surface area contributed by atoms with Gasteiger partial charge in [-0.25, -0.2) is 4.79 Å². The highest BCUT2D eigenvalue weighted by Crippen LogP contribution is 2.16. The van der Waals surface area contributed by atoms with Crippen molar-refractivity contribution in [2.45, 2.75) is 6.42 Å². The number of rotatable bonds is 4. The third-order valence-electron chi connectivity index (χ3n) is 2.71. The largest absolute Gasteiger partial charge is 0.478 e. The number of aromatic carboxylic acids is 1. The highest BCUT2D eigenvalue weighted by molar-refractivity contribution is 9.10. The number of anilines is 1. The molecule has 1 amide bonds. The molecular weight excluding hydrogens is 322 g/mol. The predicted octanol–water partition coefficient (Wildman–Crippen LogP) is 3.33. The molecule has 0 radical (unpaired) electrons. The van der Waals surface area contributed by atoms with Gasteiger partial charge in [-0.05, 0) is 29.8 Å². The minimum atomic E-state index is -1.07. The van der Waals surface area contributed by atoms with Crippen molar-refractivity contribution >= 4 is 33.5 Å². The van der Waals surface area contributed by atoms with E-state index in [1.165, 1.54) is 6.07 Å². The van der Waals surface area contributed by atoms with E-state index >= 15 is 0 Å². The number of carboxylic acid groups (broad SMARTS) is 1. The summed E-state index contributed by atoms with van der Waals surface area (Å²) in [5.41, 5.74) is 1.25. The molecule has 0 spiro atoms. The fourth-order valence-corrected chi connectivity index (χ4v) is 2.02. The second-order valence-electron chi connectivity index (χ2n) is 4.20. The Kier molecular flexibility index (Phi) is 4.53. The Morgan fingerprint density at radius 1 is 1.05 bits per heavy atom. The molecule has 5 heteroatoms. The van der Waals surface area contributed by atoms with Crippen molar-refractivity contribution in [3.05, 3.63) is 64.1 Å². The Morgan fingerprint density at radius 2 is 1.70 bits per heavy atom. The molecule has 0 bridgehead atoms. The molecule has 2 aromatic rings. The van der Waals surface area contributed by atoms with Crippen LogP contribution in [0.4, 0.5) is 5.69 Å². The number of hydrogen-bond acceptors (Lipinski definition) is 2. The maximum absolute atomic E-state index is 11.9. The number of hydrogen-bond donors (Lipinski definition) is 2. The van der Waals surface area contributed by atoms with Gasteiger partial charge in [-0.3, -0.25) is 4.79 Å². The van der Waals surface area contributed by atoms with E-state index < -0.39 is 5.97 Å². The van der Waals surface area contributed by atoms with Gasteiger partial charge in [0.25, 0.3) is 0 Å². The van der Waals surface area contributed by atoms with E-state index in [-0.39, 0.29) is 17.9 Å². The van der Waals surface area contributed by atoms with Gasteiger partial charge in [-0.2, -0.15) is 0 Å². The molecule has 4 nitrogen and oxygen atoms in total. The van der Waals surface area contributed by atoms with Gasteiger partial charge in [0.05, 0.1) is 17.7 Å². The summed E-state index contributed by atoms with van der Waals surface area (Å²) in [6.07, 6.45) is 0.196. The van der Waals surface area contributed by atoms with Crippen LogP contribution in [0.5, 0.6) is 0 Å². The van der Waals surface area contributed by atoms with Crippen LogP contribution in [0.15, 0.2) is 53.0 Å². The summed E-state index contributed by atoms with van der Waals surface area (Å²) in [5, 5.41) is 11.7. The Morgan fingerprint density at radius 3 is 2.35 bits per heavy atom. The molecule has 0 aliphatic heterocycles. The molecule has 0 aromatic heterocycles. The van der Waals surface area contributed by atoms with E-state index in [1.54, 1.807) is 18.2 Å². The molecule has 0 atom stereocenters. The fourth-order valence-electron chi connectivity index (χ4n) is 1.76. The summed E-state index contributed by atoms with van der Waals surface area (Å²) in [5.74, 6) is -1.31. The Bertz CT molecular complexity index is 638. The van der Waals surface area contributed by atoms with Crippen molar-refractivity contribution in [3.63, 3.8) is 0 Å². The normalized spacial score (nSPS) is 10.1. The van der Waals surface area contributed by atoms with Gasteiger partial charge in [-0.15, -0.1) is 0 Å². The second-order valence-corrected chi connectivity index (χ2v) is 5.12. The standard InChI is InChI=1S/C15H12BrNO3/c16-11-7-5-10(6-8-11)9-14(18)17-13-4-2-1-3-12(13)15(19)20/h1-8H,9H2,(H,17,18)(H,19,20). The zero-order valence-electron chi connectivity index (χ0n) is 10.5. The molecule has 2 rings (SSSR count). The Balaban J connectivity index is 2.08. The van der Waals surface area contributed by atoms with Crippen LogP contribution in [0.3, 0.4) is 0 Å². The first-order valence-electron chi connectivity index (χ1n) is 5.93. The van der Waals surface area contributed by atoms with Crippen LogP contribution in [0.1, 0.15) is 15.9 Å². The summed E-state index contributed by atoms with van der Waals surface area (Å²) in [6, 6.07) is 13.7. The summed E-state index contributed by atoms with van der Waals surface area (Å²) < 4.78 is 0.942. The van der Waals surface area contributed by atoms with Crippen molar-refractivity contribution < 1.29 is 14.7 Å². The first-order valence-corrected chi connectivity index (χ1v) is 6.72. The van der Waals surface area contributed by atoms with Crippen molar-refractivity contribution in [1.29, 1.82) is 0 Å². The monoisotopic (exact) mass is 333 g/mol. The maximum atomic E-state index is 11.9. The molecule has 102 valence electrons. The van der Waals surface area contributed by atoms with Crippen molar-refractivity contribution in [3.8, 4) is 0 Å². The van der Waals surface area contributed by atoms with Gasteiger partial charge in [0.2, 0.25) is 5.91 Å². The fraction of sp³-hybridized carbons (Fsp3) is 0.0667. The van der Waals surface area contributed by atoms with Gasteiger partial charge in [0.15, 0.2) is 0 Å². The van der Waals surface area contributed by atoms with Crippen molar-refractivity contribution in [2.75, 3.05) is 5.32 Å².